The number of aromatic nitrogens is 7. The van der Waals surface area contributed by atoms with Gasteiger partial charge in [-0.05, 0) is 30.3 Å². The number of halogens is 7. The normalized spacial score (nSPS) is 13.0. The van der Waals surface area contributed by atoms with Crippen molar-refractivity contribution in [3.05, 3.63) is 70.4 Å². The first kappa shape index (κ1) is 28.1. The van der Waals surface area contributed by atoms with E-state index in [9.17, 15) is 36.2 Å². The molecule has 4 rings (SSSR count). The number of nitrogens with zero attached hydrogens (tertiary/aromatic N) is 7. The minimum absolute atomic E-state index is 0.0193. The summed E-state index contributed by atoms with van der Waals surface area (Å²) < 4.78 is 79.4. The Balaban J connectivity index is 1.62. The SMILES string of the molecule is O=c1n(Cc2ncn(-c3cnccc3NCCC(F)(F)F)n2)nc(-c2ccc(Cl)cc2)n1C[C@H](O)C(F)(F)F. The molecule has 0 aliphatic carbocycles. The van der Waals surface area contributed by atoms with Gasteiger partial charge in [-0.15, -0.1) is 10.2 Å². The largest absolute Gasteiger partial charge is 0.416 e. The molecular formula is C22H19ClF6N8O2. The summed E-state index contributed by atoms with van der Waals surface area (Å²) in [5, 5.41) is 20.9. The van der Waals surface area contributed by atoms with E-state index in [4.69, 9.17) is 11.6 Å². The van der Waals surface area contributed by atoms with Crippen LogP contribution in [0.1, 0.15) is 12.2 Å². The Bertz CT molecular complexity index is 1480. The molecule has 0 aliphatic heterocycles. The second-order valence-electron chi connectivity index (χ2n) is 8.23. The number of benzene rings is 1. The van der Waals surface area contributed by atoms with Crippen molar-refractivity contribution < 1.29 is 31.4 Å². The maximum absolute atomic E-state index is 13.0. The molecule has 17 heteroatoms. The monoisotopic (exact) mass is 576 g/mol. The Morgan fingerprint density at radius 3 is 2.44 bits per heavy atom. The molecule has 39 heavy (non-hydrogen) atoms. The number of hydrogen-bond acceptors (Lipinski definition) is 7. The molecule has 1 atom stereocenters. The fourth-order valence-electron chi connectivity index (χ4n) is 3.47. The maximum Gasteiger partial charge on any atom is 0.416 e. The lowest BCUT2D eigenvalue weighted by Gasteiger charge is -2.15. The van der Waals surface area contributed by atoms with Gasteiger partial charge in [0.15, 0.2) is 17.8 Å². The summed E-state index contributed by atoms with van der Waals surface area (Å²) in [6.45, 7) is -1.87. The molecule has 0 amide bonds. The van der Waals surface area contributed by atoms with Crippen molar-refractivity contribution in [1.29, 1.82) is 0 Å². The first-order valence-corrected chi connectivity index (χ1v) is 11.5. The fourth-order valence-corrected chi connectivity index (χ4v) is 3.60. The molecule has 0 bridgehead atoms. The van der Waals surface area contributed by atoms with Crippen LogP contribution in [0.5, 0.6) is 0 Å². The van der Waals surface area contributed by atoms with Crippen molar-refractivity contribution in [1.82, 2.24) is 34.1 Å². The van der Waals surface area contributed by atoms with Crippen molar-refractivity contribution in [3.8, 4) is 17.1 Å². The molecular weight excluding hydrogens is 558 g/mol. The van der Waals surface area contributed by atoms with Crippen LogP contribution in [0.25, 0.3) is 17.1 Å². The van der Waals surface area contributed by atoms with Crippen LogP contribution in [-0.2, 0) is 13.1 Å². The number of anilines is 1. The standard InChI is InChI=1S/C22H19ClF6N8O2/c23-14-3-1-13(2-4-14)19-34-36(20(39)35(19)10-17(38)22(27,28)29)11-18-32-12-37(33-18)16-9-30-7-5-15(16)31-8-6-21(24,25)26/h1-5,7,9,12,17,38H,6,8,10-11H2,(H,30,31)/t17-/m0/s1. The Hall–Kier alpha value is -3.92. The number of rotatable bonds is 9. The van der Waals surface area contributed by atoms with Crippen LogP contribution < -0.4 is 11.0 Å². The van der Waals surface area contributed by atoms with Crippen molar-refractivity contribution in [2.24, 2.45) is 0 Å². The number of aliphatic hydroxyl groups excluding tert-OH is 1. The van der Waals surface area contributed by atoms with Gasteiger partial charge in [0, 0.05) is 23.3 Å². The van der Waals surface area contributed by atoms with Crippen LogP contribution in [0.2, 0.25) is 5.02 Å². The van der Waals surface area contributed by atoms with Gasteiger partial charge in [0.05, 0.1) is 24.8 Å². The van der Waals surface area contributed by atoms with Gasteiger partial charge in [-0.25, -0.2) is 19.1 Å². The van der Waals surface area contributed by atoms with E-state index in [0.29, 0.717) is 15.3 Å². The van der Waals surface area contributed by atoms with E-state index in [-0.39, 0.29) is 29.4 Å². The van der Waals surface area contributed by atoms with Crippen molar-refractivity contribution in [3.63, 3.8) is 0 Å². The Kier molecular flexibility index (Phi) is 7.96. The summed E-state index contributed by atoms with van der Waals surface area (Å²) in [6, 6.07) is 7.27. The molecule has 2 N–H and O–H groups in total. The van der Waals surface area contributed by atoms with Gasteiger partial charge in [0.25, 0.3) is 0 Å². The van der Waals surface area contributed by atoms with Crippen LogP contribution >= 0.6 is 11.6 Å². The molecule has 0 saturated carbocycles. The lowest BCUT2D eigenvalue weighted by molar-refractivity contribution is -0.207. The minimum Gasteiger partial charge on any atom is -0.383 e. The summed E-state index contributed by atoms with van der Waals surface area (Å²) in [4.78, 5) is 21.0. The molecule has 0 aliphatic rings. The zero-order valence-corrected chi connectivity index (χ0v) is 20.4. The number of aliphatic hydroxyl groups is 1. The number of nitrogens with one attached hydrogen (secondary N) is 1. The molecule has 4 aromatic rings. The highest BCUT2D eigenvalue weighted by atomic mass is 35.5. The third kappa shape index (κ3) is 6.94. The van der Waals surface area contributed by atoms with Gasteiger partial charge in [-0.3, -0.25) is 9.55 Å². The van der Waals surface area contributed by atoms with E-state index < -0.39 is 43.7 Å². The highest BCUT2D eigenvalue weighted by Crippen LogP contribution is 2.25. The predicted molar refractivity (Wildman–Crippen MR) is 126 cm³/mol. The lowest BCUT2D eigenvalue weighted by Crippen LogP contribution is -2.37. The van der Waals surface area contributed by atoms with E-state index >= 15 is 0 Å². The average Bonchev–Trinajstić information content (AvgIpc) is 3.44. The van der Waals surface area contributed by atoms with E-state index in [1.54, 1.807) is 0 Å². The quantitative estimate of drug-likeness (QED) is 0.292. The molecule has 1 aromatic carbocycles. The van der Waals surface area contributed by atoms with E-state index in [1.807, 2.05) is 0 Å². The minimum atomic E-state index is -4.98. The first-order chi connectivity index (χ1) is 18.3. The highest BCUT2D eigenvalue weighted by Gasteiger charge is 2.39. The molecule has 0 radical (unpaired) electrons. The van der Waals surface area contributed by atoms with Gasteiger partial charge in [-0.2, -0.15) is 26.3 Å². The van der Waals surface area contributed by atoms with Gasteiger partial charge in [-0.1, -0.05) is 11.6 Å². The smallest absolute Gasteiger partial charge is 0.383 e. The van der Waals surface area contributed by atoms with Crippen molar-refractivity contribution in [2.45, 2.75) is 38.0 Å². The summed E-state index contributed by atoms with van der Waals surface area (Å²) in [6.07, 6.45) is -9.28. The second-order valence-corrected chi connectivity index (χ2v) is 8.67. The third-order valence-electron chi connectivity index (χ3n) is 5.36. The molecule has 208 valence electrons. The number of alkyl halides is 6. The van der Waals surface area contributed by atoms with E-state index in [2.05, 4.69) is 25.5 Å². The predicted octanol–water partition coefficient (Wildman–Crippen LogP) is 3.68. The van der Waals surface area contributed by atoms with Crippen LogP contribution in [0.3, 0.4) is 0 Å². The maximum atomic E-state index is 13.0. The second kappa shape index (κ2) is 11.1. The molecule has 0 saturated heterocycles. The molecule has 3 aromatic heterocycles. The van der Waals surface area contributed by atoms with Gasteiger partial charge < -0.3 is 10.4 Å². The summed E-state index contributed by atoms with van der Waals surface area (Å²) >= 11 is 5.88. The van der Waals surface area contributed by atoms with Crippen LogP contribution in [0.4, 0.5) is 32.0 Å². The van der Waals surface area contributed by atoms with Crippen molar-refractivity contribution in [2.75, 3.05) is 11.9 Å². The van der Waals surface area contributed by atoms with Crippen molar-refractivity contribution >= 4 is 17.3 Å². The molecule has 0 unspecified atom stereocenters. The molecule has 0 fully saturated rings. The Morgan fingerprint density at radius 2 is 1.77 bits per heavy atom. The van der Waals surface area contributed by atoms with E-state index in [0.717, 1.165) is 4.68 Å². The highest BCUT2D eigenvalue weighted by molar-refractivity contribution is 6.30. The molecule has 0 spiro atoms. The zero-order chi connectivity index (χ0) is 28.4. The summed E-state index contributed by atoms with van der Waals surface area (Å²) in [7, 11) is 0. The van der Waals surface area contributed by atoms with Crippen LogP contribution in [-0.4, -0.2) is 64.2 Å². The fraction of sp³-hybridized carbons (Fsp3) is 0.318. The van der Waals surface area contributed by atoms with E-state index in [1.165, 1.54) is 53.7 Å². The lowest BCUT2D eigenvalue weighted by atomic mass is 10.2. The molecule has 3 heterocycles. The topological polar surface area (TPSA) is 116 Å². The number of hydrogen-bond donors (Lipinski definition) is 2. The summed E-state index contributed by atoms with van der Waals surface area (Å²) in [5.41, 5.74) is -0.131. The Labute approximate surface area is 220 Å². The zero-order valence-electron chi connectivity index (χ0n) is 19.7. The summed E-state index contributed by atoms with van der Waals surface area (Å²) in [5.74, 6) is -0.131. The van der Waals surface area contributed by atoms with Gasteiger partial charge in [0.2, 0.25) is 0 Å². The van der Waals surface area contributed by atoms with Gasteiger partial charge in [0.1, 0.15) is 18.6 Å². The first-order valence-electron chi connectivity index (χ1n) is 11.2. The average molecular weight is 577 g/mol. The van der Waals surface area contributed by atoms with Crippen LogP contribution in [0, 0.1) is 0 Å². The molecule has 10 nitrogen and oxygen atoms in total. The van der Waals surface area contributed by atoms with Crippen LogP contribution in [0.15, 0.2) is 53.8 Å². The third-order valence-corrected chi connectivity index (χ3v) is 5.61. The number of pyridine rings is 1. The Morgan fingerprint density at radius 1 is 1.05 bits per heavy atom. The van der Waals surface area contributed by atoms with Gasteiger partial charge >= 0.3 is 18.0 Å².